The topological polar surface area (TPSA) is 34.1 Å². The molecule has 3 saturated carbocycles. The minimum Gasteiger partial charge on any atom is -0.299 e. The third-order valence-corrected chi connectivity index (χ3v) is 8.29. The Balaban J connectivity index is 0.000000551. The fraction of sp³-hybridized carbons (Fsp3) is 0.778. The quantitative estimate of drug-likeness (QED) is 0.486. The maximum atomic E-state index is 12.5. The van der Waals surface area contributed by atoms with E-state index in [1.165, 1.54) is 37.7 Å². The Kier molecular flexibility index (Phi) is 8.10. The molecule has 0 aromatic carbocycles. The average molecular weight is 401 g/mol. The summed E-state index contributed by atoms with van der Waals surface area (Å²) < 4.78 is 0. The SMILES string of the molecule is CC.CCC.CCC(=O)C1CCC2C3CCC4=CC(=O)C=CC4(C)C3CCC12C. The molecule has 0 saturated heterocycles. The molecule has 2 nitrogen and oxygen atoms in total. The maximum Gasteiger partial charge on any atom is 0.178 e. The fourth-order valence-corrected chi connectivity index (χ4v) is 6.97. The van der Waals surface area contributed by atoms with Crippen molar-refractivity contribution < 1.29 is 9.59 Å². The largest absolute Gasteiger partial charge is 0.299 e. The van der Waals surface area contributed by atoms with Crippen LogP contribution in [-0.4, -0.2) is 11.6 Å². The van der Waals surface area contributed by atoms with Gasteiger partial charge < -0.3 is 0 Å². The van der Waals surface area contributed by atoms with Gasteiger partial charge in [-0.15, -0.1) is 0 Å². The van der Waals surface area contributed by atoms with Crippen LogP contribution in [0.1, 0.15) is 99.8 Å². The molecule has 4 rings (SSSR count). The van der Waals surface area contributed by atoms with Crippen molar-refractivity contribution in [2.45, 2.75) is 99.8 Å². The standard InChI is InChI=1S/C22H30O2.C3H8.C2H6/c1-4-20(24)19-8-7-17-16-6-5-14-13-15(23)9-11-21(14,2)18(16)10-12-22(17,19)3;1-3-2;1-2/h9,11,13,16-19H,4-8,10,12H2,1-3H3;3H2,1-2H3;1-2H3. The fourth-order valence-electron chi connectivity index (χ4n) is 6.97. The van der Waals surface area contributed by atoms with Gasteiger partial charge in [-0.2, -0.15) is 0 Å². The van der Waals surface area contributed by atoms with Gasteiger partial charge in [0.15, 0.2) is 5.78 Å². The molecule has 0 radical (unpaired) electrons. The van der Waals surface area contributed by atoms with Gasteiger partial charge in [0.1, 0.15) is 5.78 Å². The minimum absolute atomic E-state index is 0.0744. The van der Waals surface area contributed by atoms with Crippen LogP contribution in [0.2, 0.25) is 0 Å². The number of hydrogen-bond acceptors (Lipinski definition) is 2. The van der Waals surface area contributed by atoms with Gasteiger partial charge >= 0.3 is 0 Å². The van der Waals surface area contributed by atoms with E-state index < -0.39 is 0 Å². The van der Waals surface area contributed by atoms with Crippen LogP contribution in [0.5, 0.6) is 0 Å². The molecule has 0 bridgehead atoms. The lowest BCUT2D eigenvalue weighted by atomic mass is 9.47. The van der Waals surface area contributed by atoms with E-state index in [0.29, 0.717) is 30.0 Å². The first-order valence-corrected chi connectivity index (χ1v) is 12.3. The maximum absolute atomic E-state index is 12.5. The lowest BCUT2D eigenvalue weighted by Gasteiger charge is -2.57. The summed E-state index contributed by atoms with van der Waals surface area (Å²) >= 11 is 0. The highest BCUT2D eigenvalue weighted by molar-refractivity contribution is 6.01. The van der Waals surface area contributed by atoms with Gasteiger partial charge in [-0.05, 0) is 73.8 Å². The van der Waals surface area contributed by atoms with E-state index >= 15 is 0 Å². The molecular formula is C27H44O2. The molecule has 0 aromatic rings. The lowest BCUT2D eigenvalue weighted by Crippen LogP contribution is -2.50. The second-order valence-electron chi connectivity index (χ2n) is 9.80. The van der Waals surface area contributed by atoms with Crippen LogP contribution in [-0.2, 0) is 9.59 Å². The second kappa shape index (κ2) is 9.75. The molecule has 0 amide bonds. The van der Waals surface area contributed by atoms with E-state index in [-0.39, 0.29) is 16.6 Å². The number of hydrogen-bond donors (Lipinski definition) is 0. The Morgan fingerprint density at radius 3 is 2.31 bits per heavy atom. The van der Waals surface area contributed by atoms with Crippen LogP contribution in [0, 0.1) is 34.5 Å². The Bertz CT molecular complexity index is 657. The molecule has 29 heavy (non-hydrogen) atoms. The van der Waals surface area contributed by atoms with Gasteiger partial charge in [-0.3, -0.25) is 9.59 Å². The van der Waals surface area contributed by atoms with Crippen molar-refractivity contribution in [3.05, 3.63) is 23.8 Å². The minimum atomic E-state index is 0.0744. The van der Waals surface area contributed by atoms with Crippen LogP contribution in [0.4, 0.5) is 0 Å². The van der Waals surface area contributed by atoms with Crippen LogP contribution in [0.25, 0.3) is 0 Å². The number of carbonyl (C=O) groups is 2. The van der Waals surface area contributed by atoms with Crippen LogP contribution in [0.15, 0.2) is 23.8 Å². The second-order valence-corrected chi connectivity index (χ2v) is 9.80. The first-order valence-electron chi connectivity index (χ1n) is 12.3. The van der Waals surface area contributed by atoms with Crippen molar-refractivity contribution in [1.82, 2.24) is 0 Å². The molecule has 0 N–H and O–H groups in total. The van der Waals surface area contributed by atoms with Crippen molar-refractivity contribution in [2.24, 2.45) is 34.5 Å². The molecule has 4 aliphatic rings. The van der Waals surface area contributed by atoms with E-state index in [4.69, 9.17) is 0 Å². The molecule has 0 spiro atoms. The van der Waals surface area contributed by atoms with Crippen LogP contribution >= 0.6 is 0 Å². The molecule has 0 heterocycles. The van der Waals surface area contributed by atoms with Gasteiger partial charge in [0.2, 0.25) is 0 Å². The highest BCUT2D eigenvalue weighted by atomic mass is 16.1. The molecular weight excluding hydrogens is 356 g/mol. The first kappa shape index (κ1) is 24.1. The normalized spacial score (nSPS) is 39.6. The third-order valence-electron chi connectivity index (χ3n) is 8.29. The van der Waals surface area contributed by atoms with Crippen LogP contribution in [0.3, 0.4) is 0 Å². The van der Waals surface area contributed by atoms with Crippen molar-refractivity contribution in [3.8, 4) is 0 Å². The van der Waals surface area contributed by atoms with Crippen molar-refractivity contribution >= 4 is 11.6 Å². The van der Waals surface area contributed by atoms with Crippen molar-refractivity contribution in [3.63, 3.8) is 0 Å². The summed E-state index contributed by atoms with van der Waals surface area (Å²) in [5.41, 5.74) is 1.66. The van der Waals surface area contributed by atoms with Crippen LogP contribution < -0.4 is 0 Å². The van der Waals surface area contributed by atoms with E-state index in [9.17, 15) is 9.59 Å². The Morgan fingerprint density at radius 2 is 1.69 bits per heavy atom. The van der Waals surface area contributed by atoms with Crippen molar-refractivity contribution in [2.75, 3.05) is 0 Å². The van der Waals surface area contributed by atoms with Gasteiger partial charge in [-0.25, -0.2) is 0 Å². The van der Waals surface area contributed by atoms with E-state index in [2.05, 4.69) is 33.8 Å². The molecule has 164 valence electrons. The molecule has 0 aromatic heterocycles. The van der Waals surface area contributed by atoms with Gasteiger partial charge in [0.05, 0.1) is 0 Å². The molecule has 2 heteroatoms. The number of ketones is 2. The lowest BCUT2D eigenvalue weighted by molar-refractivity contribution is -0.129. The van der Waals surface area contributed by atoms with Crippen molar-refractivity contribution in [1.29, 1.82) is 0 Å². The first-order chi connectivity index (χ1) is 13.8. The number of fused-ring (bicyclic) bond motifs is 5. The summed E-state index contributed by atoms with van der Waals surface area (Å²) in [6.07, 6.45) is 14.8. The highest BCUT2D eigenvalue weighted by Gasteiger charge is 2.59. The third kappa shape index (κ3) is 4.19. The number of carbonyl (C=O) groups excluding carboxylic acids is 2. The monoisotopic (exact) mass is 400 g/mol. The van der Waals surface area contributed by atoms with E-state index in [1.807, 2.05) is 26.8 Å². The predicted molar refractivity (Wildman–Crippen MR) is 123 cm³/mol. The molecule has 0 aliphatic heterocycles. The summed E-state index contributed by atoms with van der Waals surface area (Å²) in [5, 5.41) is 0. The Hall–Kier alpha value is -1.18. The van der Waals surface area contributed by atoms with E-state index in [1.54, 1.807) is 6.08 Å². The summed E-state index contributed by atoms with van der Waals surface area (Å²) in [6.45, 7) is 15.0. The summed E-state index contributed by atoms with van der Waals surface area (Å²) in [5.74, 6) is 3.01. The summed E-state index contributed by atoms with van der Waals surface area (Å²) in [7, 11) is 0. The number of Topliss-reactive ketones (excluding diaryl/α,β-unsaturated/α-hetero) is 1. The van der Waals surface area contributed by atoms with Gasteiger partial charge in [-0.1, -0.05) is 66.5 Å². The zero-order chi connectivity index (χ0) is 21.8. The smallest absolute Gasteiger partial charge is 0.178 e. The molecule has 3 fully saturated rings. The zero-order valence-electron chi connectivity index (χ0n) is 20.0. The number of allylic oxidation sites excluding steroid dienone is 4. The number of rotatable bonds is 2. The van der Waals surface area contributed by atoms with E-state index in [0.717, 1.165) is 18.8 Å². The average Bonchev–Trinajstić information content (AvgIpc) is 3.07. The highest BCUT2D eigenvalue weighted by Crippen LogP contribution is 2.66. The van der Waals surface area contributed by atoms with Gasteiger partial charge in [0, 0.05) is 17.8 Å². The summed E-state index contributed by atoms with van der Waals surface area (Å²) in [6, 6.07) is 0. The molecule has 4 aliphatic carbocycles. The Labute approximate surface area is 179 Å². The predicted octanol–water partition coefficient (Wildman–Crippen LogP) is 7.33. The van der Waals surface area contributed by atoms with Gasteiger partial charge in [0.25, 0.3) is 0 Å². The molecule has 6 unspecified atom stereocenters. The summed E-state index contributed by atoms with van der Waals surface area (Å²) in [4.78, 5) is 24.3. The zero-order valence-corrected chi connectivity index (χ0v) is 20.0. The Morgan fingerprint density at radius 1 is 1.03 bits per heavy atom. The molecule has 6 atom stereocenters.